The highest BCUT2D eigenvalue weighted by molar-refractivity contribution is 5.89. The Morgan fingerprint density at radius 1 is 0.875 bits per heavy atom. The Balaban J connectivity index is 1.62. The van der Waals surface area contributed by atoms with Crippen LogP contribution in [0.15, 0.2) is 108 Å². The number of para-hydroxylation sites is 1. The monoisotopic (exact) mass is 531 g/mol. The van der Waals surface area contributed by atoms with E-state index < -0.39 is 6.04 Å². The number of carbonyl (C=O) groups excluding carboxylic acids is 1. The van der Waals surface area contributed by atoms with Crippen molar-refractivity contribution in [2.45, 2.75) is 32.7 Å². The minimum absolute atomic E-state index is 0.0517. The zero-order valence-electron chi connectivity index (χ0n) is 23.1. The molecule has 0 saturated carbocycles. The molecule has 0 bridgehead atoms. The highest BCUT2D eigenvalue weighted by Crippen LogP contribution is 2.24. The lowest BCUT2D eigenvalue weighted by atomic mass is 9.96. The lowest BCUT2D eigenvalue weighted by Gasteiger charge is -2.30. The molecule has 0 fully saturated rings. The number of benzene rings is 4. The van der Waals surface area contributed by atoms with E-state index in [1.165, 1.54) is 0 Å². The van der Waals surface area contributed by atoms with Gasteiger partial charge in [0.15, 0.2) is 5.78 Å². The van der Waals surface area contributed by atoms with Crippen LogP contribution in [-0.4, -0.2) is 35.0 Å². The molecule has 6 heteroatoms. The fourth-order valence-corrected chi connectivity index (χ4v) is 4.92. The number of Topliss-reactive ketones (excluding diaryl/α,β-unsaturated/α-hetero) is 1. The summed E-state index contributed by atoms with van der Waals surface area (Å²) in [5, 5.41) is 0.513. The van der Waals surface area contributed by atoms with Crippen LogP contribution >= 0.6 is 0 Å². The summed E-state index contributed by atoms with van der Waals surface area (Å²) in [5.74, 6) is 1.18. The number of aromatic nitrogens is 2. The molecule has 0 N–H and O–H groups in total. The first-order valence-electron chi connectivity index (χ1n) is 13.5. The van der Waals surface area contributed by atoms with Crippen molar-refractivity contribution in [1.82, 2.24) is 9.55 Å². The highest BCUT2D eigenvalue weighted by atomic mass is 16.5. The Labute approximate surface area is 234 Å². The minimum atomic E-state index is -0.550. The van der Waals surface area contributed by atoms with Gasteiger partial charge in [0.1, 0.15) is 5.75 Å². The Morgan fingerprint density at radius 3 is 2.25 bits per heavy atom. The Kier molecular flexibility index (Phi) is 8.06. The number of hydrogen-bond donors (Lipinski definition) is 0. The van der Waals surface area contributed by atoms with Crippen molar-refractivity contribution in [3.63, 3.8) is 0 Å². The summed E-state index contributed by atoms with van der Waals surface area (Å²) in [6.07, 6.45) is 0.761. The summed E-state index contributed by atoms with van der Waals surface area (Å²) < 4.78 is 7.21. The third-order valence-corrected chi connectivity index (χ3v) is 7.09. The lowest BCUT2D eigenvalue weighted by Crippen LogP contribution is -2.44. The standard InChI is InChI=1S/C34H33N3O3/c1-4-40-28-20-18-27(19-21-28)37-33(39)29-12-8-9-13-30(29)35-34(37)36(3)31(22-25-10-6-5-7-11-25)32(38)23-26-16-14-24(2)15-17-26/h5-21,31H,4,22-23H2,1-3H3. The first kappa shape index (κ1) is 26.9. The molecule has 1 unspecified atom stereocenters. The maximum absolute atomic E-state index is 14.0. The van der Waals surface area contributed by atoms with Gasteiger partial charge in [-0.15, -0.1) is 0 Å². The van der Waals surface area contributed by atoms with Crippen molar-refractivity contribution in [3.8, 4) is 11.4 Å². The normalized spacial score (nSPS) is 11.8. The molecular formula is C34H33N3O3. The number of anilines is 1. The van der Waals surface area contributed by atoms with Gasteiger partial charge in [0.2, 0.25) is 5.95 Å². The first-order valence-corrected chi connectivity index (χ1v) is 13.5. The van der Waals surface area contributed by atoms with Crippen LogP contribution < -0.4 is 15.2 Å². The second kappa shape index (κ2) is 12.0. The number of fused-ring (bicyclic) bond motifs is 1. The van der Waals surface area contributed by atoms with Crippen LogP contribution in [-0.2, 0) is 17.6 Å². The molecule has 202 valence electrons. The summed E-state index contributed by atoms with van der Waals surface area (Å²) in [7, 11) is 1.85. The van der Waals surface area contributed by atoms with Gasteiger partial charge in [0.25, 0.3) is 5.56 Å². The van der Waals surface area contributed by atoms with E-state index in [1.807, 2.05) is 123 Å². The van der Waals surface area contributed by atoms with E-state index in [0.717, 1.165) is 22.4 Å². The summed E-state index contributed by atoms with van der Waals surface area (Å²) in [6.45, 7) is 4.51. The molecule has 5 rings (SSSR count). The lowest BCUT2D eigenvalue weighted by molar-refractivity contribution is -0.119. The molecule has 0 aliphatic carbocycles. The SMILES string of the molecule is CCOc1ccc(-n2c(N(C)C(Cc3ccccc3)C(=O)Cc3ccc(C)cc3)nc3ccccc3c2=O)cc1. The Morgan fingerprint density at radius 2 is 1.55 bits per heavy atom. The van der Waals surface area contributed by atoms with Crippen molar-refractivity contribution in [3.05, 3.63) is 130 Å². The molecule has 5 aromatic rings. The molecule has 0 aliphatic rings. The Bertz CT molecular complexity index is 1660. The molecule has 0 aliphatic heterocycles. The van der Waals surface area contributed by atoms with Gasteiger partial charge < -0.3 is 9.64 Å². The van der Waals surface area contributed by atoms with Crippen molar-refractivity contribution in [1.29, 1.82) is 0 Å². The predicted octanol–water partition coefficient (Wildman–Crippen LogP) is 5.95. The number of ether oxygens (including phenoxy) is 1. The average Bonchev–Trinajstić information content (AvgIpc) is 2.98. The van der Waals surface area contributed by atoms with Crippen LogP contribution in [0.4, 0.5) is 5.95 Å². The van der Waals surface area contributed by atoms with Gasteiger partial charge in [-0.3, -0.25) is 9.59 Å². The minimum Gasteiger partial charge on any atom is -0.494 e. The molecule has 0 spiro atoms. The van der Waals surface area contributed by atoms with Crippen LogP contribution in [0.5, 0.6) is 5.75 Å². The molecule has 6 nitrogen and oxygen atoms in total. The molecule has 0 radical (unpaired) electrons. The third-order valence-electron chi connectivity index (χ3n) is 7.09. The predicted molar refractivity (Wildman–Crippen MR) is 161 cm³/mol. The maximum atomic E-state index is 14.0. The van der Waals surface area contributed by atoms with E-state index in [4.69, 9.17) is 9.72 Å². The largest absolute Gasteiger partial charge is 0.494 e. The van der Waals surface area contributed by atoms with Gasteiger partial charge in [-0.2, -0.15) is 0 Å². The number of likely N-dealkylation sites (N-methyl/N-ethyl adjacent to an activating group) is 1. The highest BCUT2D eigenvalue weighted by Gasteiger charge is 2.28. The maximum Gasteiger partial charge on any atom is 0.267 e. The molecule has 0 saturated heterocycles. The average molecular weight is 532 g/mol. The summed E-state index contributed by atoms with van der Waals surface area (Å²) in [4.78, 5) is 34.7. The van der Waals surface area contributed by atoms with E-state index in [1.54, 1.807) is 10.6 Å². The van der Waals surface area contributed by atoms with Gasteiger partial charge in [-0.05, 0) is 67.8 Å². The topological polar surface area (TPSA) is 64.4 Å². The van der Waals surface area contributed by atoms with Crippen molar-refractivity contribution < 1.29 is 9.53 Å². The number of rotatable bonds is 10. The van der Waals surface area contributed by atoms with Crippen LogP contribution in [0.2, 0.25) is 0 Å². The fourth-order valence-electron chi connectivity index (χ4n) is 4.92. The quantitative estimate of drug-likeness (QED) is 0.223. The number of hydrogen-bond acceptors (Lipinski definition) is 5. The Hall–Kier alpha value is -4.71. The molecule has 1 atom stereocenters. The number of nitrogens with zero attached hydrogens (tertiary/aromatic N) is 3. The fraction of sp³-hybridized carbons (Fsp3) is 0.206. The van der Waals surface area contributed by atoms with Gasteiger partial charge in [-0.25, -0.2) is 9.55 Å². The van der Waals surface area contributed by atoms with Gasteiger partial charge in [0, 0.05) is 13.5 Å². The number of carbonyl (C=O) groups is 1. The van der Waals surface area contributed by atoms with E-state index in [-0.39, 0.29) is 17.8 Å². The van der Waals surface area contributed by atoms with Crippen molar-refractivity contribution >= 4 is 22.6 Å². The number of aryl methyl sites for hydroxylation is 1. The summed E-state index contributed by atoms with van der Waals surface area (Å²) >= 11 is 0. The van der Waals surface area contributed by atoms with Crippen molar-refractivity contribution in [2.24, 2.45) is 0 Å². The third kappa shape index (κ3) is 5.81. The second-order valence-corrected chi connectivity index (χ2v) is 9.94. The molecule has 4 aromatic carbocycles. The summed E-state index contributed by atoms with van der Waals surface area (Å²) in [6, 6.07) is 32.1. The van der Waals surface area contributed by atoms with Gasteiger partial charge in [0.05, 0.1) is 29.2 Å². The van der Waals surface area contributed by atoms with Crippen LogP contribution in [0.25, 0.3) is 16.6 Å². The van der Waals surface area contributed by atoms with Crippen LogP contribution in [0.3, 0.4) is 0 Å². The molecule has 1 aromatic heterocycles. The first-order chi connectivity index (χ1) is 19.4. The van der Waals surface area contributed by atoms with Crippen LogP contribution in [0.1, 0.15) is 23.6 Å². The van der Waals surface area contributed by atoms with Gasteiger partial charge in [-0.1, -0.05) is 72.3 Å². The number of ketones is 1. The zero-order chi connectivity index (χ0) is 28.1. The van der Waals surface area contributed by atoms with Crippen LogP contribution in [0, 0.1) is 6.92 Å². The molecular weight excluding hydrogens is 498 g/mol. The van der Waals surface area contributed by atoms with E-state index in [9.17, 15) is 9.59 Å². The molecule has 1 heterocycles. The van der Waals surface area contributed by atoms with E-state index in [0.29, 0.717) is 35.6 Å². The summed E-state index contributed by atoms with van der Waals surface area (Å²) in [5.41, 5.74) is 4.18. The zero-order valence-corrected chi connectivity index (χ0v) is 23.1. The van der Waals surface area contributed by atoms with E-state index >= 15 is 0 Å². The van der Waals surface area contributed by atoms with E-state index in [2.05, 4.69) is 0 Å². The molecule has 40 heavy (non-hydrogen) atoms. The van der Waals surface area contributed by atoms with Crippen molar-refractivity contribution in [2.75, 3.05) is 18.6 Å². The second-order valence-electron chi connectivity index (χ2n) is 9.94. The van der Waals surface area contributed by atoms with Gasteiger partial charge >= 0.3 is 0 Å². The molecule has 0 amide bonds. The smallest absolute Gasteiger partial charge is 0.267 e.